The van der Waals surface area contributed by atoms with Crippen LogP contribution in [0.15, 0.2) is 73.3 Å². The number of aromatic nitrogens is 2. The van der Waals surface area contributed by atoms with Crippen LogP contribution in [0.4, 0.5) is 0 Å². The summed E-state index contributed by atoms with van der Waals surface area (Å²) < 4.78 is 5.09. The maximum Gasteiger partial charge on any atom is 0.338 e. The van der Waals surface area contributed by atoms with E-state index in [0.717, 1.165) is 11.1 Å². The molecule has 1 atom stereocenters. The molecule has 30 heavy (non-hydrogen) atoms. The molecule has 0 saturated carbocycles. The van der Waals surface area contributed by atoms with Crippen molar-refractivity contribution in [3.8, 4) is 0 Å². The van der Waals surface area contributed by atoms with Gasteiger partial charge in [0.2, 0.25) is 5.91 Å². The maximum atomic E-state index is 13.0. The third kappa shape index (κ3) is 5.96. The monoisotopic (exact) mass is 404 g/mol. The molecular weight excluding hydrogens is 380 g/mol. The second kappa shape index (κ2) is 10.8. The number of nitrogens with one attached hydrogen (secondary N) is 2. The first-order valence-electron chi connectivity index (χ1n) is 9.73. The summed E-state index contributed by atoms with van der Waals surface area (Å²) in [4.78, 5) is 33.1. The highest BCUT2D eigenvalue weighted by Gasteiger charge is 2.21. The molecule has 1 aromatic carbocycles. The number of amides is 1. The van der Waals surface area contributed by atoms with Gasteiger partial charge in [-0.2, -0.15) is 0 Å². The summed E-state index contributed by atoms with van der Waals surface area (Å²) in [6.07, 6.45) is 6.78. The standard InChI is InChI=1S/C23H24N4O3/c1-2-30-23(29)20-5-3-4-19(14-20)21(26-15-17-6-10-24-11-7-17)22(28)27-16-18-8-12-25-13-9-18/h3-14,21,26H,2,15-16H2,1H3,(H,27,28). The molecule has 0 bridgehead atoms. The lowest BCUT2D eigenvalue weighted by molar-refractivity contribution is -0.123. The Kier molecular flexibility index (Phi) is 7.63. The van der Waals surface area contributed by atoms with Crippen LogP contribution in [0.2, 0.25) is 0 Å². The number of rotatable bonds is 9. The minimum Gasteiger partial charge on any atom is -0.462 e. The molecule has 154 valence electrons. The van der Waals surface area contributed by atoms with Crippen LogP contribution < -0.4 is 10.6 Å². The van der Waals surface area contributed by atoms with E-state index in [1.807, 2.05) is 30.3 Å². The lowest BCUT2D eigenvalue weighted by Crippen LogP contribution is -2.37. The molecule has 2 heterocycles. The van der Waals surface area contributed by atoms with Gasteiger partial charge in [-0.15, -0.1) is 0 Å². The van der Waals surface area contributed by atoms with Crippen LogP contribution in [0.25, 0.3) is 0 Å². The summed E-state index contributed by atoms with van der Waals surface area (Å²) in [6, 6.07) is 13.8. The second-order valence-corrected chi connectivity index (χ2v) is 6.59. The third-order valence-electron chi connectivity index (χ3n) is 4.47. The maximum absolute atomic E-state index is 13.0. The lowest BCUT2D eigenvalue weighted by Gasteiger charge is -2.20. The van der Waals surface area contributed by atoms with Gasteiger partial charge >= 0.3 is 5.97 Å². The van der Waals surface area contributed by atoms with E-state index in [-0.39, 0.29) is 5.91 Å². The van der Waals surface area contributed by atoms with E-state index < -0.39 is 12.0 Å². The highest BCUT2D eigenvalue weighted by atomic mass is 16.5. The van der Waals surface area contributed by atoms with E-state index in [1.165, 1.54) is 0 Å². The van der Waals surface area contributed by atoms with Crippen LogP contribution in [0.5, 0.6) is 0 Å². The Morgan fingerprint density at radius 3 is 2.20 bits per heavy atom. The smallest absolute Gasteiger partial charge is 0.338 e. The summed E-state index contributed by atoms with van der Waals surface area (Å²) in [6.45, 7) is 2.90. The zero-order chi connectivity index (χ0) is 21.2. The number of pyridine rings is 2. The summed E-state index contributed by atoms with van der Waals surface area (Å²) in [5.41, 5.74) is 3.04. The van der Waals surface area contributed by atoms with Crippen molar-refractivity contribution in [3.05, 3.63) is 95.6 Å². The zero-order valence-electron chi connectivity index (χ0n) is 16.7. The fraction of sp³-hybridized carbons (Fsp3) is 0.217. The van der Waals surface area contributed by atoms with Gasteiger partial charge in [0, 0.05) is 37.9 Å². The van der Waals surface area contributed by atoms with Gasteiger partial charge in [-0.1, -0.05) is 12.1 Å². The number of nitrogens with zero attached hydrogens (tertiary/aromatic N) is 2. The zero-order valence-corrected chi connectivity index (χ0v) is 16.7. The van der Waals surface area contributed by atoms with Crippen molar-refractivity contribution in [2.75, 3.05) is 6.61 Å². The van der Waals surface area contributed by atoms with Crippen LogP contribution in [0, 0.1) is 0 Å². The van der Waals surface area contributed by atoms with Crippen molar-refractivity contribution in [1.29, 1.82) is 0 Å². The van der Waals surface area contributed by atoms with Gasteiger partial charge in [0.05, 0.1) is 12.2 Å². The fourth-order valence-electron chi connectivity index (χ4n) is 2.93. The molecule has 1 amide bonds. The van der Waals surface area contributed by atoms with E-state index in [0.29, 0.717) is 30.8 Å². The Morgan fingerprint density at radius 2 is 1.57 bits per heavy atom. The van der Waals surface area contributed by atoms with Gasteiger partial charge in [0.25, 0.3) is 0 Å². The Hall–Kier alpha value is -3.58. The first-order chi connectivity index (χ1) is 14.7. The van der Waals surface area contributed by atoms with Crippen molar-refractivity contribution < 1.29 is 14.3 Å². The van der Waals surface area contributed by atoms with Crippen molar-refractivity contribution >= 4 is 11.9 Å². The van der Waals surface area contributed by atoms with E-state index in [1.54, 1.807) is 49.9 Å². The molecule has 0 aliphatic heterocycles. The van der Waals surface area contributed by atoms with Gasteiger partial charge in [-0.3, -0.25) is 20.1 Å². The van der Waals surface area contributed by atoms with Gasteiger partial charge in [0.1, 0.15) is 6.04 Å². The molecule has 1 unspecified atom stereocenters. The van der Waals surface area contributed by atoms with Gasteiger partial charge in [0.15, 0.2) is 0 Å². The Bertz CT molecular complexity index is 964. The van der Waals surface area contributed by atoms with E-state index in [9.17, 15) is 9.59 Å². The average Bonchev–Trinajstić information content (AvgIpc) is 2.79. The lowest BCUT2D eigenvalue weighted by atomic mass is 10.0. The predicted molar refractivity (Wildman–Crippen MR) is 112 cm³/mol. The Labute approximate surface area is 175 Å². The summed E-state index contributed by atoms with van der Waals surface area (Å²) in [7, 11) is 0. The van der Waals surface area contributed by atoms with Crippen molar-refractivity contribution in [1.82, 2.24) is 20.6 Å². The molecule has 0 saturated heterocycles. The molecule has 0 radical (unpaired) electrons. The number of hydrogen-bond acceptors (Lipinski definition) is 6. The SMILES string of the molecule is CCOC(=O)c1cccc(C(NCc2ccncc2)C(=O)NCc2ccncc2)c1. The topological polar surface area (TPSA) is 93.2 Å². The molecule has 3 aromatic rings. The third-order valence-corrected chi connectivity index (χ3v) is 4.47. The minimum absolute atomic E-state index is 0.193. The number of esters is 1. The molecule has 0 aliphatic carbocycles. The predicted octanol–water partition coefficient (Wildman–Crippen LogP) is 2.80. The first-order valence-corrected chi connectivity index (χ1v) is 9.73. The molecule has 2 aromatic heterocycles. The molecule has 7 nitrogen and oxygen atoms in total. The van der Waals surface area contributed by atoms with Crippen LogP contribution >= 0.6 is 0 Å². The molecule has 7 heteroatoms. The highest BCUT2D eigenvalue weighted by Crippen LogP contribution is 2.17. The summed E-state index contributed by atoms with van der Waals surface area (Å²) >= 11 is 0. The van der Waals surface area contributed by atoms with Crippen molar-refractivity contribution in [2.45, 2.75) is 26.1 Å². The highest BCUT2D eigenvalue weighted by molar-refractivity contribution is 5.90. The Balaban J connectivity index is 1.78. The van der Waals surface area contributed by atoms with Crippen LogP contribution in [0.1, 0.15) is 40.0 Å². The van der Waals surface area contributed by atoms with E-state index >= 15 is 0 Å². The van der Waals surface area contributed by atoms with Gasteiger partial charge in [-0.25, -0.2) is 4.79 Å². The normalized spacial score (nSPS) is 11.5. The first kappa shape index (κ1) is 21.1. The summed E-state index contributed by atoms with van der Waals surface area (Å²) in [5.74, 6) is -0.605. The number of carbonyl (C=O) groups is 2. The molecular formula is C23H24N4O3. The summed E-state index contributed by atoms with van der Waals surface area (Å²) in [5, 5.41) is 6.23. The van der Waals surface area contributed by atoms with Crippen LogP contribution in [-0.4, -0.2) is 28.5 Å². The van der Waals surface area contributed by atoms with Crippen LogP contribution in [-0.2, 0) is 22.6 Å². The fourth-order valence-corrected chi connectivity index (χ4v) is 2.93. The van der Waals surface area contributed by atoms with E-state index in [4.69, 9.17) is 4.74 Å². The van der Waals surface area contributed by atoms with Crippen LogP contribution in [0.3, 0.4) is 0 Å². The number of carbonyl (C=O) groups excluding carboxylic acids is 2. The van der Waals surface area contributed by atoms with Crippen molar-refractivity contribution in [2.24, 2.45) is 0 Å². The number of hydrogen-bond donors (Lipinski definition) is 2. The number of benzene rings is 1. The molecule has 0 aliphatic rings. The molecule has 0 spiro atoms. The second-order valence-electron chi connectivity index (χ2n) is 6.59. The molecule has 2 N–H and O–H groups in total. The van der Waals surface area contributed by atoms with Crippen molar-refractivity contribution in [3.63, 3.8) is 0 Å². The molecule has 3 rings (SSSR count). The Morgan fingerprint density at radius 1 is 0.933 bits per heavy atom. The van der Waals surface area contributed by atoms with Gasteiger partial charge in [-0.05, 0) is 60.0 Å². The van der Waals surface area contributed by atoms with Gasteiger partial charge < -0.3 is 10.1 Å². The van der Waals surface area contributed by atoms with E-state index in [2.05, 4.69) is 20.6 Å². The molecule has 0 fully saturated rings. The largest absolute Gasteiger partial charge is 0.462 e. The minimum atomic E-state index is -0.644. The quantitative estimate of drug-likeness (QED) is 0.533. The average molecular weight is 404 g/mol. The number of ether oxygens (including phenoxy) is 1.